The average Bonchev–Trinajstić information content (AvgIpc) is 1.95. The summed E-state index contributed by atoms with van der Waals surface area (Å²) in [6, 6.07) is 0. The van der Waals surface area contributed by atoms with E-state index in [1.54, 1.807) is 0 Å². The Morgan fingerprint density at radius 3 is 2.82 bits per heavy atom. The largest absolute Gasteiger partial charge is 0.479 e. The molecular weight excluding hydrogens is 149 g/mol. The summed E-state index contributed by atoms with van der Waals surface area (Å²) in [5.41, 5.74) is -1.17. The molecule has 1 heterocycles. The van der Waals surface area contributed by atoms with Crippen molar-refractivity contribution in [1.82, 2.24) is 5.32 Å². The molecule has 2 N–H and O–H groups in total. The van der Waals surface area contributed by atoms with Gasteiger partial charge in [-0.2, -0.15) is 0 Å². The lowest BCUT2D eigenvalue weighted by molar-refractivity contribution is -0.141. The normalized spacial score (nSPS) is 29.1. The predicted molar refractivity (Wildman–Crippen MR) is 37.5 cm³/mol. The number of hydrogen-bond donors (Lipinski definition) is 2. The SMILES string of the molecule is CC1(C(=O)O)C=CC(F)=CN1. The van der Waals surface area contributed by atoms with E-state index in [1.807, 2.05) is 0 Å². The van der Waals surface area contributed by atoms with E-state index in [1.165, 1.54) is 13.0 Å². The molecule has 0 aromatic carbocycles. The van der Waals surface area contributed by atoms with Crippen LogP contribution in [0.2, 0.25) is 0 Å². The molecule has 0 saturated carbocycles. The van der Waals surface area contributed by atoms with Gasteiger partial charge >= 0.3 is 5.97 Å². The number of carboxylic acid groups (broad SMARTS) is 1. The summed E-state index contributed by atoms with van der Waals surface area (Å²) < 4.78 is 12.3. The Balaban J connectivity index is 2.82. The van der Waals surface area contributed by atoms with Crippen LogP contribution in [0.5, 0.6) is 0 Å². The molecule has 4 heteroatoms. The zero-order valence-corrected chi connectivity index (χ0v) is 5.97. The van der Waals surface area contributed by atoms with Gasteiger partial charge in [-0.25, -0.2) is 9.18 Å². The minimum Gasteiger partial charge on any atom is -0.479 e. The maximum Gasteiger partial charge on any atom is 0.333 e. The maximum absolute atomic E-state index is 12.3. The first-order valence-electron chi connectivity index (χ1n) is 3.10. The highest BCUT2D eigenvalue weighted by Gasteiger charge is 2.30. The van der Waals surface area contributed by atoms with Crippen LogP contribution < -0.4 is 5.32 Å². The Kier molecular flexibility index (Phi) is 1.68. The van der Waals surface area contributed by atoms with E-state index in [-0.39, 0.29) is 0 Å². The molecule has 0 amide bonds. The summed E-state index contributed by atoms with van der Waals surface area (Å²) in [7, 11) is 0. The van der Waals surface area contributed by atoms with Gasteiger partial charge in [-0.05, 0) is 19.1 Å². The van der Waals surface area contributed by atoms with Crippen molar-refractivity contribution in [2.45, 2.75) is 12.5 Å². The minimum atomic E-state index is -1.17. The lowest BCUT2D eigenvalue weighted by Gasteiger charge is -2.23. The van der Waals surface area contributed by atoms with Gasteiger partial charge in [-0.15, -0.1) is 0 Å². The summed E-state index contributed by atoms with van der Waals surface area (Å²) in [6.45, 7) is 1.45. The Labute approximate surface area is 63.2 Å². The van der Waals surface area contributed by atoms with E-state index in [2.05, 4.69) is 5.32 Å². The third kappa shape index (κ3) is 1.39. The molecule has 1 aliphatic rings. The molecule has 60 valence electrons. The fraction of sp³-hybridized carbons (Fsp3) is 0.286. The quantitative estimate of drug-likeness (QED) is 0.591. The van der Waals surface area contributed by atoms with E-state index >= 15 is 0 Å². The Morgan fingerprint density at radius 2 is 2.45 bits per heavy atom. The van der Waals surface area contributed by atoms with Crippen LogP contribution in [0.15, 0.2) is 24.2 Å². The Hall–Kier alpha value is -1.32. The van der Waals surface area contributed by atoms with Gasteiger partial charge in [0.05, 0.1) is 0 Å². The molecule has 0 aromatic rings. The van der Waals surface area contributed by atoms with Crippen LogP contribution in [0, 0.1) is 0 Å². The number of aliphatic carboxylic acids is 1. The molecule has 0 spiro atoms. The van der Waals surface area contributed by atoms with Gasteiger partial charge in [0, 0.05) is 6.20 Å². The molecule has 0 fully saturated rings. The van der Waals surface area contributed by atoms with Gasteiger partial charge in [0.2, 0.25) is 0 Å². The van der Waals surface area contributed by atoms with Crippen molar-refractivity contribution in [3.05, 3.63) is 24.2 Å². The van der Waals surface area contributed by atoms with Crippen molar-refractivity contribution in [3.63, 3.8) is 0 Å². The number of carboxylic acids is 1. The van der Waals surface area contributed by atoms with Crippen LogP contribution >= 0.6 is 0 Å². The summed E-state index contributed by atoms with van der Waals surface area (Å²) in [5.74, 6) is -1.50. The maximum atomic E-state index is 12.3. The second kappa shape index (κ2) is 2.38. The number of rotatable bonds is 1. The molecule has 1 unspecified atom stereocenters. The Bertz CT molecular complexity index is 247. The zero-order chi connectivity index (χ0) is 8.48. The third-order valence-electron chi connectivity index (χ3n) is 1.53. The summed E-state index contributed by atoms with van der Waals surface area (Å²) in [4.78, 5) is 10.5. The molecule has 1 atom stereocenters. The fourth-order valence-corrected chi connectivity index (χ4v) is 0.694. The first kappa shape index (κ1) is 7.78. The molecule has 0 saturated heterocycles. The third-order valence-corrected chi connectivity index (χ3v) is 1.53. The van der Waals surface area contributed by atoms with Crippen LogP contribution in [-0.2, 0) is 4.79 Å². The second-order valence-corrected chi connectivity index (χ2v) is 2.51. The number of carbonyl (C=O) groups is 1. The van der Waals surface area contributed by atoms with Gasteiger partial charge in [0.15, 0.2) is 5.54 Å². The minimum absolute atomic E-state index is 0.469. The van der Waals surface area contributed by atoms with Crippen molar-refractivity contribution >= 4 is 5.97 Å². The van der Waals surface area contributed by atoms with Crippen molar-refractivity contribution < 1.29 is 14.3 Å². The summed E-state index contributed by atoms with van der Waals surface area (Å²) >= 11 is 0. The number of hydrogen-bond acceptors (Lipinski definition) is 2. The number of halogens is 1. The van der Waals surface area contributed by atoms with Gasteiger partial charge < -0.3 is 10.4 Å². The van der Waals surface area contributed by atoms with Crippen LogP contribution in [0.25, 0.3) is 0 Å². The first-order chi connectivity index (χ1) is 5.04. The molecule has 1 rings (SSSR count). The second-order valence-electron chi connectivity index (χ2n) is 2.51. The molecule has 3 nitrogen and oxygen atoms in total. The lowest BCUT2D eigenvalue weighted by atomic mass is 10.0. The monoisotopic (exact) mass is 157 g/mol. The van der Waals surface area contributed by atoms with Gasteiger partial charge in [0.25, 0.3) is 0 Å². The fourth-order valence-electron chi connectivity index (χ4n) is 0.694. The highest BCUT2D eigenvalue weighted by atomic mass is 19.1. The highest BCUT2D eigenvalue weighted by molar-refractivity contribution is 5.81. The topological polar surface area (TPSA) is 49.3 Å². The van der Waals surface area contributed by atoms with E-state index in [0.717, 1.165) is 12.3 Å². The van der Waals surface area contributed by atoms with Crippen LogP contribution in [0.1, 0.15) is 6.92 Å². The first-order valence-corrected chi connectivity index (χ1v) is 3.10. The number of nitrogens with one attached hydrogen (secondary N) is 1. The summed E-state index contributed by atoms with van der Waals surface area (Å²) in [5, 5.41) is 11.0. The number of allylic oxidation sites excluding steroid dienone is 2. The van der Waals surface area contributed by atoms with Gasteiger partial charge in [-0.3, -0.25) is 0 Å². The van der Waals surface area contributed by atoms with Crippen LogP contribution in [0.4, 0.5) is 4.39 Å². The molecule has 1 aliphatic heterocycles. The molecular formula is C7H8FNO2. The zero-order valence-electron chi connectivity index (χ0n) is 5.97. The average molecular weight is 157 g/mol. The van der Waals surface area contributed by atoms with Crippen molar-refractivity contribution in [3.8, 4) is 0 Å². The number of dihydropyridines is 1. The standard InChI is InChI=1S/C7H8FNO2/c1-7(6(10)11)3-2-5(8)4-9-7/h2-4,9H,1H3,(H,10,11). The summed E-state index contributed by atoms with van der Waals surface area (Å²) in [6.07, 6.45) is 3.43. The van der Waals surface area contributed by atoms with Gasteiger partial charge in [0.1, 0.15) is 5.83 Å². The molecule has 0 radical (unpaired) electrons. The predicted octanol–water partition coefficient (Wildman–Crippen LogP) is 0.800. The molecule has 0 aliphatic carbocycles. The lowest BCUT2D eigenvalue weighted by Crippen LogP contribution is -2.46. The van der Waals surface area contributed by atoms with E-state index in [9.17, 15) is 9.18 Å². The van der Waals surface area contributed by atoms with E-state index < -0.39 is 17.3 Å². The van der Waals surface area contributed by atoms with Crippen molar-refractivity contribution in [1.29, 1.82) is 0 Å². The van der Waals surface area contributed by atoms with Crippen molar-refractivity contribution in [2.24, 2.45) is 0 Å². The van der Waals surface area contributed by atoms with Crippen LogP contribution in [0.3, 0.4) is 0 Å². The molecule has 0 aromatic heterocycles. The molecule has 0 bridgehead atoms. The van der Waals surface area contributed by atoms with E-state index in [0.29, 0.717) is 0 Å². The van der Waals surface area contributed by atoms with Crippen molar-refractivity contribution in [2.75, 3.05) is 0 Å². The van der Waals surface area contributed by atoms with Crippen LogP contribution in [-0.4, -0.2) is 16.6 Å². The highest BCUT2D eigenvalue weighted by Crippen LogP contribution is 2.14. The Morgan fingerprint density at radius 1 is 1.82 bits per heavy atom. The smallest absolute Gasteiger partial charge is 0.333 e. The van der Waals surface area contributed by atoms with E-state index in [4.69, 9.17) is 5.11 Å². The molecule has 11 heavy (non-hydrogen) atoms. The van der Waals surface area contributed by atoms with Gasteiger partial charge in [-0.1, -0.05) is 0 Å².